The number of imide groups is 1. The standard InChI is InChI=1S/C24H22N2O7S/c27-22-17-6-1-2-7-18(17)23(28)25(22)12-11-19(24(29)30)26(34(31)32)14-9-10-16-15-5-3-4-8-20(15)33-21(16)13-14/h1-2,6-7,9-10,13,19H,3-5,8,11-12H2,(H,29,30)(H,31,32)/p-1. The molecule has 1 N–H and O–H groups in total. The Bertz CT molecular complexity index is 1310. The molecule has 0 saturated carbocycles. The van der Waals surface area contributed by atoms with E-state index in [1.807, 2.05) is 0 Å². The number of aryl methyl sites for hydroxylation is 2. The van der Waals surface area contributed by atoms with Gasteiger partial charge in [-0.3, -0.25) is 23.0 Å². The van der Waals surface area contributed by atoms with Crippen molar-refractivity contribution in [3.05, 3.63) is 64.9 Å². The zero-order valence-corrected chi connectivity index (χ0v) is 18.9. The molecule has 2 aliphatic rings. The van der Waals surface area contributed by atoms with E-state index in [0.717, 1.165) is 51.6 Å². The number of aliphatic carboxylic acids is 1. The van der Waals surface area contributed by atoms with Crippen LogP contribution in [0, 0.1) is 0 Å². The maximum Gasteiger partial charge on any atom is 0.327 e. The number of fused-ring (bicyclic) bond motifs is 4. The molecular weight excluding hydrogens is 460 g/mol. The molecule has 1 aliphatic carbocycles. The summed E-state index contributed by atoms with van der Waals surface area (Å²) in [5.41, 5.74) is 2.25. The van der Waals surface area contributed by atoms with Gasteiger partial charge in [0.25, 0.3) is 11.8 Å². The summed E-state index contributed by atoms with van der Waals surface area (Å²) in [5.74, 6) is -1.56. The van der Waals surface area contributed by atoms with Crippen LogP contribution in [0.5, 0.6) is 0 Å². The van der Waals surface area contributed by atoms with Crippen LogP contribution >= 0.6 is 0 Å². The summed E-state index contributed by atoms with van der Waals surface area (Å²) in [6.07, 6.45) is 3.50. The van der Waals surface area contributed by atoms with E-state index in [9.17, 15) is 28.3 Å². The smallest absolute Gasteiger partial charge is 0.327 e. The summed E-state index contributed by atoms with van der Waals surface area (Å²) in [4.78, 5) is 38.3. The number of amides is 2. The lowest BCUT2D eigenvalue weighted by Crippen LogP contribution is -2.45. The predicted octanol–water partition coefficient (Wildman–Crippen LogP) is 3.05. The fourth-order valence-electron chi connectivity index (χ4n) is 4.79. The highest BCUT2D eigenvalue weighted by Crippen LogP contribution is 2.35. The summed E-state index contributed by atoms with van der Waals surface area (Å²) >= 11 is -2.93. The summed E-state index contributed by atoms with van der Waals surface area (Å²) in [5, 5.41) is 10.7. The van der Waals surface area contributed by atoms with Crippen LogP contribution in [0.3, 0.4) is 0 Å². The van der Waals surface area contributed by atoms with Gasteiger partial charge < -0.3 is 14.1 Å². The van der Waals surface area contributed by atoms with Crippen LogP contribution in [0.25, 0.3) is 11.0 Å². The Morgan fingerprint density at radius 3 is 2.44 bits per heavy atom. The van der Waals surface area contributed by atoms with E-state index < -0.39 is 35.1 Å². The lowest BCUT2D eigenvalue weighted by molar-refractivity contribution is -0.138. The second-order valence-electron chi connectivity index (χ2n) is 8.38. The van der Waals surface area contributed by atoms with Crippen LogP contribution in [-0.2, 0) is 28.9 Å². The molecule has 2 atom stereocenters. The van der Waals surface area contributed by atoms with Crippen LogP contribution < -0.4 is 4.31 Å². The van der Waals surface area contributed by atoms with Crippen LogP contribution in [0.4, 0.5) is 5.69 Å². The summed E-state index contributed by atoms with van der Waals surface area (Å²) in [6, 6.07) is 9.65. The number of benzene rings is 2. The molecule has 2 amide bonds. The molecule has 2 heterocycles. The minimum absolute atomic E-state index is 0.140. The van der Waals surface area contributed by atoms with E-state index in [0.29, 0.717) is 5.58 Å². The molecule has 1 aliphatic heterocycles. The van der Waals surface area contributed by atoms with Crippen LogP contribution in [0.2, 0.25) is 0 Å². The number of furan rings is 1. The van der Waals surface area contributed by atoms with Crippen molar-refractivity contribution >= 4 is 45.7 Å². The minimum atomic E-state index is -2.93. The summed E-state index contributed by atoms with van der Waals surface area (Å²) in [6.45, 7) is -0.242. The van der Waals surface area contributed by atoms with Gasteiger partial charge in [0, 0.05) is 41.2 Å². The Kier molecular flexibility index (Phi) is 5.70. The number of rotatable bonds is 7. The van der Waals surface area contributed by atoms with Crippen molar-refractivity contribution in [3.63, 3.8) is 0 Å². The number of carbonyl (C=O) groups is 3. The van der Waals surface area contributed by atoms with Crippen LogP contribution in [0.1, 0.15) is 51.3 Å². The van der Waals surface area contributed by atoms with Crippen molar-refractivity contribution in [2.45, 2.75) is 38.1 Å². The van der Waals surface area contributed by atoms with E-state index in [-0.39, 0.29) is 29.8 Å². The molecule has 0 fully saturated rings. The lowest BCUT2D eigenvalue weighted by atomic mass is 9.96. The number of anilines is 1. The fraction of sp³-hybridized carbons (Fsp3) is 0.292. The van der Waals surface area contributed by atoms with E-state index in [1.54, 1.807) is 24.3 Å². The third-order valence-electron chi connectivity index (χ3n) is 6.43. The van der Waals surface area contributed by atoms with Crippen molar-refractivity contribution in [1.29, 1.82) is 0 Å². The Morgan fingerprint density at radius 1 is 1.12 bits per heavy atom. The molecule has 0 bridgehead atoms. The third kappa shape index (κ3) is 3.68. The lowest BCUT2D eigenvalue weighted by Gasteiger charge is -2.32. The maximum absolute atomic E-state index is 12.6. The van der Waals surface area contributed by atoms with E-state index in [4.69, 9.17) is 4.42 Å². The molecule has 3 aromatic rings. The average molecular weight is 482 g/mol. The van der Waals surface area contributed by atoms with Gasteiger partial charge in [-0.05, 0) is 49.9 Å². The summed E-state index contributed by atoms with van der Waals surface area (Å²) < 4.78 is 31.0. The number of carboxylic acids is 1. The molecule has 0 spiro atoms. The Morgan fingerprint density at radius 2 is 1.79 bits per heavy atom. The van der Waals surface area contributed by atoms with Crippen molar-refractivity contribution in [2.75, 3.05) is 10.8 Å². The van der Waals surface area contributed by atoms with Gasteiger partial charge in [0.15, 0.2) is 0 Å². The predicted molar refractivity (Wildman–Crippen MR) is 122 cm³/mol. The van der Waals surface area contributed by atoms with Gasteiger partial charge in [0.05, 0.1) is 16.8 Å². The van der Waals surface area contributed by atoms with Gasteiger partial charge in [-0.2, -0.15) is 0 Å². The molecule has 10 heteroatoms. The highest BCUT2D eigenvalue weighted by atomic mass is 32.2. The minimum Gasteiger partial charge on any atom is -0.755 e. The quantitative estimate of drug-likeness (QED) is 0.405. The largest absolute Gasteiger partial charge is 0.755 e. The Balaban J connectivity index is 1.42. The maximum atomic E-state index is 12.6. The molecule has 1 aromatic heterocycles. The van der Waals surface area contributed by atoms with E-state index >= 15 is 0 Å². The first-order valence-corrected chi connectivity index (χ1v) is 12.0. The summed E-state index contributed by atoms with van der Waals surface area (Å²) in [7, 11) is 0. The fourth-order valence-corrected chi connectivity index (χ4v) is 5.48. The van der Waals surface area contributed by atoms with Gasteiger partial charge in [-0.1, -0.05) is 12.1 Å². The van der Waals surface area contributed by atoms with E-state index in [1.165, 1.54) is 18.2 Å². The van der Waals surface area contributed by atoms with Crippen molar-refractivity contribution in [1.82, 2.24) is 4.90 Å². The molecule has 2 aromatic carbocycles. The van der Waals surface area contributed by atoms with Crippen molar-refractivity contribution in [3.8, 4) is 0 Å². The highest BCUT2D eigenvalue weighted by molar-refractivity contribution is 7.80. The Hall–Kier alpha value is -3.50. The zero-order valence-electron chi connectivity index (χ0n) is 18.1. The van der Waals surface area contributed by atoms with Gasteiger partial charge in [0.2, 0.25) is 0 Å². The molecule has 34 heavy (non-hydrogen) atoms. The second-order valence-corrected chi connectivity index (χ2v) is 9.21. The average Bonchev–Trinajstić information content (AvgIpc) is 3.31. The first kappa shape index (κ1) is 22.3. The van der Waals surface area contributed by atoms with Gasteiger partial charge in [-0.25, -0.2) is 4.79 Å². The van der Waals surface area contributed by atoms with Gasteiger partial charge in [0.1, 0.15) is 17.4 Å². The highest BCUT2D eigenvalue weighted by Gasteiger charge is 2.37. The normalized spacial score (nSPS) is 16.9. The number of carboxylic acid groups (broad SMARTS) is 1. The van der Waals surface area contributed by atoms with Crippen molar-refractivity contribution in [2.24, 2.45) is 0 Å². The molecule has 176 valence electrons. The first-order chi connectivity index (χ1) is 16.4. The van der Waals surface area contributed by atoms with Gasteiger partial charge in [-0.15, -0.1) is 0 Å². The number of hydrogen-bond donors (Lipinski definition) is 1. The molecule has 0 radical (unpaired) electrons. The third-order valence-corrected chi connectivity index (χ3v) is 7.21. The molecule has 0 saturated heterocycles. The number of hydrogen-bond acceptors (Lipinski definition) is 6. The van der Waals surface area contributed by atoms with E-state index in [2.05, 4.69) is 0 Å². The second kappa shape index (κ2) is 8.69. The molecule has 2 unspecified atom stereocenters. The van der Waals surface area contributed by atoms with Crippen LogP contribution in [-0.4, -0.2) is 49.1 Å². The Labute approximate surface area is 197 Å². The molecule has 5 rings (SSSR count). The number of nitrogens with zero attached hydrogens (tertiary/aromatic N) is 2. The SMILES string of the molecule is O=C(O)C(CCN1C(=O)c2ccccc2C1=O)N(c1ccc2c3c(oc2c1)CCCC3)S(=O)[O-]. The molecular formula is C24H21N2O7S-. The number of carbonyl (C=O) groups excluding carboxylic acids is 2. The topological polar surface area (TPSA) is 131 Å². The molecule has 9 nitrogen and oxygen atoms in total. The van der Waals surface area contributed by atoms with Gasteiger partial charge >= 0.3 is 5.97 Å². The van der Waals surface area contributed by atoms with Crippen molar-refractivity contribution < 1.29 is 32.7 Å². The van der Waals surface area contributed by atoms with Crippen LogP contribution in [0.15, 0.2) is 46.9 Å². The first-order valence-electron chi connectivity index (χ1n) is 11.0. The zero-order chi connectivity index (χ0) is 24.0. The monoisotopic (exact) mass is 481 g/mol.